The summed E-state index contributed by atoms with van der Waals surface area (Å²) in [6, 6.07) is 0. The fraction of sp³-hybridized carbons (Fsp3) is 0.600. The molecule has 0 bridgehead atoms. The summed E-state index contributed by atoms with van der Waals surface area (Å²) in [5.41, 5.74) is 0. The molecular weight excluding hydrogens is 172 g/mol. The van der Waals surface area contributed by atoms with Gasteiger partial charge in [0.1, 0.15) is 9.31 Å². The molecule has 9 heavy (non-hydrogen) atoms. The first-order valence-corrected chi connectivity index (χ1v) is 4.32. The molecule has 0 saturated heterocycles. The van der Waals surface area contributed by atoms with E-state index in [2.05, 4.69) is 24.8 Å². The number of thioether (sulfide) groups is 1. The lowest BCUT2D eigenvalue weighted by molar-refractivity contribution is -0.116. The van der Waals surface area contributed by atoms with Crippen LogP contribution in [0.5, 0.6) is 0 Å². The van der Waals surface area contributed by atoms with Crippen molar-refractivity contribution in [2.75, 3.05) is 5.75 Å². The van der Waals surface area contributed by atoms with Crippen LogP contribution in [0.3, 0.4) is 0 Å². The molecule has 0 aliphatic rings. The van der Waals surface area contributed by atoms with Crippen LogP contribution in [-0.4, -0.2) is 15.1 Å². The van der Waals surface area contributed by atoms with E-state index in [1.165, 1.54) is 11.8 Å². The van der Waals surface area contributed by atoms with Crippen LogP contribution in [0.25, 0.3) is 0 Å². The second kappa shape index (κ2) is 5.26. The molecule has 0 rings (SSSR count). The van der Waals surface area contributed by atoms with Gasteiger partial charge < -0.3 is 0 Å². The average molecular weight is 180 g/mol. The van der Waals surface area contributed by atoms with Crippen molar-refractivity contribution in [3.8, 4) is 0 Å². The number of thiol groups is 1. The number of Topliss-reactive ketones (excluding diaryl/α,β-unsaturated/α-hetero) is 1. The van der Waals surface area contributed by atoms with Gasteiger partial charge in [-0.05, 0) is 6.92 Å². The molecule has 0 heterocycles. The van der Waals surface area contributed by atoms with Crippen molar-refractivity contribution in [3.63, 3.8) is 0 Å². The Morgan fingerprint density at radius 2 is 2.33 bits per heavy atom. The second-order valence-electron chi connectivity index (χ2n) is 1.57. The second-order valence-corrected chi connectivity index (χ2v) is 4.39. The zero-order chi connectivity index (χ0) is 7.28. The molecule has 4 heteroatoms. The minimum atomic E-state index is 0.201. The van der Waals surface area contributed by atoms with E-state index in [1.54, 1.807) is 6.92 Å². The van der Waals surface area contributed by atoms with Crippen molar-refractivity contribution >= 4 is 45.9 Å². The van der Waals surface area contributed by atoms with Crippen molar-refractivity contribution in [2.45, 2.75) is 13.3 Å². The summed E-state index contributed by atoms with van der Waals surface area (Å²) < 4.78 is 0.608. The van der Waals surface area contributed by atoms with Crippen LogP contribution >= 0.6 is 36.6 Å². The quantitative estimate of drug-likeness (QED) is 0.528. The van der Waals surface area contributed by atoms with E-state index in [1.807, 2.05) is 0 Å². The summed E-state index contributed by atoms with van der Waals surface area (Å²) in [4.78, 5) is 10.3. The smallest absolute Gasteiger partial charge is 0.130 e. The summed E-state index contributed by atoms with van der Waals surface area (Å²) >= 11 is 9.98. The van der Waals surface area contributed by atoms with Crippen molar-refractivity contribution in [2.24, 2.45) is 0 Å². The van der Waals surface area contributed by atoms with Crippen LogP contribution in [-0.2, 0) is 4.79 Å². The van der Waals surface area contributed by atoms with Gasteiger partial charge in [-0.3, -0.25) is 4.79 Å². The van der Waals surface area contributed by atoms with Gasteiger partial charge in [-0.15, -0.1) is 24.4 Å². The lowest BCUT2D eigenvalue weighted by Gasteiger charge is -1.92. The first-order chi connectivity index (χ1) is 4.13. The molecule has 0 radical (unpaired) electrons. The Bertz CT molecular complexity index is 107. The Morgan fingerprint density at radius 1 is 1.78 bits per heavy atom. The first-order valence-electron chi connectivity index (χ1n) is 2.48. The van der Waals surface area contributed by atoms with Crippen LogP contribution < -0.4 is 0 Å². The number of rotatable bonds is 3. The SMILES string of the molecule is CC(=O)CCSC(=S)S. The molecule has 52 valence electrons. The van der Waals surface area contributed by atoms with Crippen LogP contribution in [0.1, 0.15) is 13.3 Å². The fourth-order valence-corrected chi connectivity index (χ4v) is 1.37. The Kier molecular flexibility index (Phi) is 5.53. The summed E-state index contributed by atoms with van der Waals surface area (Å²) in [5.74, 6) is 0.963. The third kappa shape index (κ3) is 8.46. The topological polar surface area (TPSA) is 17.1 Å². The van der Waals surface area contributed by atoms with E-state index in [4.69, 9.17) is 0 Å². The van der Waals surface area contributed by atoms with Gasteiger partial charge in [-0.2, -0.15) is 0 Å². The summed E-state index contributed by atoms with van der Waals surface area (Å²) in [6.45, 7) is 1.57. The monoisotopic (exact) mass is 180 g/mol. The maximum absolute atomic E-state index is 10.3. The highest BCUT2D eigenvalue weighted by Crippen LogP contribution is 2.08. The van der Waals surface area contributed by atoms with E-state index >= 15 is 0 Å². The van der Waals surface area contributed by atoms with Gasteiger partial charge in [-0.25, -0.2) is 0 Å². The number of hydrogen-bond acceptors (Lipinski definition) is 3. The van der Waals surface area contributed by atoms with Crippen LogP contribution in [0.2, 0.25) is 0 Å². The summed E-state index contributed by atoms with van der Waals surface area (Å²) in [6.07, 6.45) is 0.589. The van der Waals surface area contributed by atoms with Gasteiger partial charge in [-0.1, -0.05) is 12.2 Å². The Hall–Kier alpha value is 0.460. The van der Waals surface area contributed by atoms with Gasteiger partial charge in [0.25, 0.3) is 0 Å². The zero-order valence-electron chi connectivity index (χ0n) is 5.09. The third-order valence-corrected chi connectivity index (χ3v) is 2.08. The van der Waals surface area contributed by atoms with Gasteiger partial charge in [0.15, 0.2) is 0 Å². The predicted octanol–water partition coefficient (Wildman–Crippen LogP) is 1.91. The molecule has 0 aromatic rings. The number of ketones is 1. The maximum Gasteiger partial charge on any atom is 0.130 e. The highest BCUT2D eigenvalue weighted by atomic mass is 32.2. The van der Waals surface area contributed by atoms with Crippen LogP contribution in [0.4, 0.5) is 0 Å². The maximum atomic E-state index is 10.3. The highest BCUT2D eigenvalue weighted by molar-refractivity contribution is 8.41. The lowest BCUT2D eigenvalue weighted by atomic mass is 10.4. The van der Waals surface area contributed by atoms with E-state index in [0.717, 1.165) is 5.75 Å². The molecule has 0 saturated carbocycles. The number of thiocarbonyl (C=S) groups is 1. The van der Waals surface area contributed by atoms with E-state index in [9.17, 15) is 4.79 Å². The number of carbonyl (C=O) groups is 1. The van der Waals surface area contributed by atoms with Gasteiger partial charge in [0, 0.05) is 12.2 Å². The van der Waals surface area contributed by atoms with Gasteiger partial charge >= 0.3 is 0 Å². The normalized spacial score (nSPS) is 9.11. The van der Waals surface area contributed by atoms with Crippen LogP contribution in [0.15, 0.2) is 0 Å². The highest BCUT2D eigenvalue weighted by Gasteiger charge is 1.93. The largest absolute Gasteiger partial charge is 0.300 e. The average Bonchev–Trinajstić information content (AvgIpc) is 1.63. The third-order valence-electron chi connectivity index (χ3n) is 0.680. The van der Waals surface area contributed by atoms with Gasteiger partial charge in [0.05, 0.1) is 0 Å². The van der Waals surface area contributed by atoms with Gasteiger partial charge in [0.2, 0.25) is 0 Å². The molecule has 1 nitrogen and oxygen atoms in total. The molecule has 0 amide bonds. The summed E-state index contributed by atoms with van der Waals surface area (Å²) in [5, 5.41) is 0. The van der Waals surface area contributed by atoms with E-state index < -0.39 is 0 Å². The predicted molar refractivity (Wildman–Crippen MR) is 49.3 cm³/mol. The molecule has 0 fully saturated rings. The molecule has 0 aromatic carbocycles. The number of hydrogen-bond donors (Lipinski definition) is 1. The standard InChI is InChI=1S/C5H8OS3/c1-4(6)2-3-9-5(7)8/h2-3H2,1H3,(H,7,8). The molecule has 0 unspecified atom stereocenters. The Labute approximate surface area is 70.0 Å². The Morgan fingerprint density at radius 3 is 2.67 bits per heavy atom. The van der Waals surface area contributed by atoms with Crippen LogP contribution in [0, 0.1) is 0 Å². The number of carbonyl (C=O) groups excluding carboxylic acids is 1. The van der Waals surface area contributed by atoms with E-state index in [-0.39, 0.29) is 5.78 Å². The van der Waals surface area contributed by atoms with Crippen molar-refractivity contribution < 1.29 is 4.79 Å². The lowest BCUT2D eigenvalue weighted by Crippen LogP contribution is -1.92. The zero-order valence-corrected chi connectivity index (χ0v) is 7.61. The van der Waals surface area contributed by atoms with Crippen molar-refractivity contribution in [1.29, 1.82) is 0 Å². The van der Waals surface area contributed by atoms with Crippen molar-refractivity contribution in [1.82, 2.24) is 0 Å². The molecule has 0 atom stereocenters. The molecular formula is C5H8OS3. The minimum Gasteiger partial charge on any atom is -0.300 e. The first kappa shape index (κ1) is 9.46. The summed E-state index contributed by atoms with van der Waals surface area (Å²) in [7, 11) is 0. The Balaban J connectivity index is 3.10. The molecule has 0 aliphatic heterocycles. The van der Waals surface area contributed by atoms with Crippen molar-refractivity contribution in [3.05, 3.63) is 0 Å². The molecule has 0 aliphatic carbocycles. The fourth-order valence-electron chi connectivity index (χ4n) is 0.282. The minimum absolute atomic E-state index is 0.201. The molecule has 0 aromatic heterocycles. The molecule has 0 N–H and O–H groups in total. The van der Waals surface area contributed by atoms with E-state index in [0.29, 0.717) is 9.95 Å². The molecule has 0 spiro atoms.